The van der Waals surface area contributed by atoms with Gasteiger partial charge in [0.1, 0.15) is 0 Å². The maximum absolute atomic E-state index is 6.23. The summed E-state index contributed by atoms with van der Waals surface area (Å²) < 4.78 is 1.08. The van der Waals surface area contributed by atoms with Crippen molar-refractivity contribution < 1.29 is 0 Å². The molecule has 0 spiro atoms. The molecule has 0 aromatic heterocycles. The van der Waals surface area contributed by atoms with Gasteiger partial charge in [0.2, 0.25) is 0 Å². The van der Waals surface area contributed by atoms with Gasteiger partial charge in [0.25, 0.3) is 0 Å². The first-order valence-electron chi connectivity index (χ1n) is 6.12. The molecule has 0 saturated carbocycles. The molecule has 2 nitrogen and oxygen atoms in total. The smallest absolute Gasteiger partial charge is 0.0531 e. The average molecular weight is 338 g/mol. The molecule has 2 aromatic carbocycles. The van der Waals surface area contributed by atoms with Crippen LogP contribution in [0, 0.1) is 6.92 Å². The van der Waals surface area contributed by atoms with Crippen molar-refractivity contribution in [3.63, 3.8) is 0 Å². The van der Waals surface area contributed by atoms with E-state index in [1.807, 2.05) is 19.1 Å². The van der Waals surface area contributed by atoms with E-state index in [0.29, 0.717) is 0 Å². The lowest BCUT2D eigenvalue weighted by Gasteiger charge is -2.20. The van der Waals surface area contributed by atoms with Crippen LogP contribution in [0.3, 0.4) is 0 Å². The molecular formula is C15H14BrClN2. The van der Waals surface area contributed by atoms with Crippen molar-refractivity contribution in [3.05, 3.63) is 56.5 Å². The number of nitrogens with two attached hydrogens (primary N) is 1. The third-order valence-corrected chi connectivity index (χ3v) is 4.56. The Morgan fingerprint density at radius 1 is 1.16 bits per heavy atom. The minimum Gasteiger partial charge on any atom is -0.399 e. The van der Waals surface area contributed by atoms with E-state index in [9.17, 15) is 0 Å². The molecule has 0 atom stereocenters. The minimum atomic E-state index is 0.800. The minimum absolute atomic E-state index is 0.800. The zero-order valence-electron chi connectivity index (χ0n) is 10.6. The Bertz CT molecular complexity index is 655. The average Bonchev–Trinajstić information content (AvgIpc) is 2.76. The van der Waals surface area contributed by atoms with Gasteiger partial charge in [-0.3, -0.25) is 0 Å². The Labute approximate surface area is 126 Å². The molecule has 0 amide bonds. The molecule has 98 valence electrons. The fourth-order valence-corrected chi connectivity index (χ4v) is 3.33. The number of rotatable bonds is 1. The van der Waals surface area contributed by atoms with Gasteiger partial charge in [0.05, 0.1) is 5.69 Å². The Kier molecular flexibility index (Phi) is 3.19. The third kappa shape index (κ3) is 2.33. The maximum atomic E-state index is 6.23. The molecule has 19 heavy (non-hydrogen) atoms. The van der Waals surface area contributed by atoms with E-state index in [-0.39, 0.29) is 0 Å². The Morgan fingerprint density at radius 2 is 1.89 bits per heavy atom. The lowest BCUT2D eigenvalue weighted by atomic mass is 10.1. The monoisotopic (exact) mass is 336 g/mol. The van der Waals surface area contributed by atoms with E-state index in [1.165, 1.54) is 11.1 Å². The highest BCUT2D eigenvalue weighted by Gasteiger charge is 2.21. The number of aryl methyl sites for hydroxylation is 1. The Morgan fingerprint density at radius 3 is 2.68 bits per heavy atom. The van der Waals surface area contributed by atoms with Crippen molar-refractivity contribution in [1.82, 2.24) is 0 Å². The number of hydrogen-bond acceptors (Lipinski definition) is 2. The second-order valence-electron chi connectivity index (χ2n) is 4.94. The van der Waals surface area contributed by atoms with Crippen LogP contribution in [-0.2, 0) is 13.1 Å². The van der Waals surface area contributed by atoms with Gasteiger partial charge in [-0.05, 0) is 63.8 Å². The van der Waals surface area contributed by atoms with E-state index in [4.69, 9.17) is 17.3 Å². The van der Waals surface area contributed by atoms with Crippen molar-refractivity contribution in [2.45, 2.75) is 20.0 Å². The van der Waals surface area contributed by atoms with E-state index in [1.54, 1.807) is 0 Å². The topological polar surface area (TPSA) is 29.3 Å². The molecule has 0 radical (unpaired) electrons. The standard InChI is InChI=1S/C15H14BrClN2/c1-9-4-13(16)15(6-14(9)17)19-7-10-2-3-12(18)5-11(10)8-19/h2-6H,7-8,18H2,1H3. The van der Waals surface area contributed by atoms with Crippen molar-refractivity contribution in [2.24, 2.45) is 0 Å². The third-order valence-electron chi connectivity index (χ3n) is 3.52. The highest BCUT2D eigenvalue weighted by Crippen LogP contribution is 2.37. The normalized spacial score (nSPS) is 13.7. The predicted octanol–water partition coefficient (Wildman–Crippen LogP) is 4.51. The summed E-state index contributed by atoms with van der Waals surface area (Å²) in [5, 5.41) is 0.800. The summed E-state index contributed by atoms with van der Waals surface area (Å²) >= 11 is 9.86. The summed E-state index contributed by atoms with van der Waals surface area (Å²) in [6.07, 6.45) is 0. The number of anilines is 2. The second-order valence-corrected chi connectivity index (χ2v) is 6.20. The van der Waals surface area contributed by atoms with Crippen LogP contribution in [0.5, 0.6) is 0 Å². The van der Waals surface area contributed by atoms with Crippen LogP contribution in [0.25, 0.3) is 0 Å². The molecule has 0 fully saturated rings. The van der Waals surface area contributed by atoms with Gasteiger partial charge < -0.3 is 10.6 Å². The molecule has 2 N–H and O–H groups in total. The van der Waals surface area contributed by atoms with Crippen LogP contribution < -0.4 is 10.6 Å². The summed E-state index contributed by atoms with van der Waals surface area (Å²) in [5.41, 5.74) is 11.5. The van der Waals surface area contributed by atoms with Crippen molar-refractivity contribution in [1.29, 1.82) is 0 Å². The van der Waals surface area contributed by atoms with Crippen molar-refractivity contribution >= 4 is 38.9 Å². The molecule has 0 aliphatic carbocycles. The highest BCUT2D eigenvalue weighted by molar-refractivity contribution is 9.10. The van der Waals surface area contributed by atoms with Gasteiger partial charge >= 0.3 is 0 Å². The lowest BCUT2D eigenvalue weighted by Crippen LogP contribution is -2.15. The summed E-state index contributed by atoms with van der Waals surface area (Å²) in [6, 6.07) is 10.2. The number of nitrogens with zero attached hydrogens (tertiary/aromatic N) is 1. The van der Waals surface area contributed by atoms with Crippen LogP contribution in [0.4, 0.5) is 11.4 Å². The highest BCUT2D eigenvalue weighted by atomic mass is 79.9. The summed E-state index contributed by atoms with van der Waals surface area (Å²) in [6.45, 7) is 3.78. The van der Waals surface area contributed by atoms with Crippen LogP contribution >= 0.6 is 27.5 Å². The SMILES string of the molecule is Cc1cc(Br)c(N2Cc3ccc(N)cc3C2)cc1Cl. The summed E-state index contributed by atoms with van der Waals surface area (Å²) in [7, 11) is 0. The van der Waals surface area contributed by atoms with Crippen LogP contribution in [0.15, 0.2) is 34.8 Å². The van der Waals surface area contributed by atoms with E-state index < -0.39 is 0 Å². The molecule has 4 heteroatoms. The molecule has 1 heterocycles. The molecule has 3 rings (SSSR count). The van der Waals surface area contributed by atoms with E-state index in [0.717, 1.165) is 39.5 Å². The number of benzene rings is 2. The fourth-order valence-electron chi connectivity index (χ4n) is 2.46. The van der Waals surface area contributed by atoms with E-state index >= 15 is 0 Å². The summed E-state index contributed by atoms with van der Waals surface area (Å²) in [5.74, 6) is 0. The van der Waals surface area contributed by atoms with Crippen molar-refractivity contribution in [3.8, 4) is 0 Å². The zero-order valence-corrected chi connectivity index (χ0v) is 12.9. The van der Waals surface area contributed by atoms with Gasteiger partial charge in [-0.1, -0.05) is 17.7 Å². The number of hydrogen-bond donors (Lipinski definition) is 1. The van der Waals surface area contributed by atoms with Gasteiger partial charge in [-0.15, -0.1) is 0 Å². The van der Waals surface area contributed by atoms with Gasteiger partial charge in [0, 0.05) is 28.3 Å². The molecular weight excluding hydrogens is 324 g/mol. The molecule has 1 aliphatic heterocycles. The molecule has 1 aliphatic rings. The Hall–Kier alpha value is -1.19. The number of fused-ring (bicyclic) bond motifs is 1. The predicted molar refractivity (Wildman–Crippen MR) is 84.6 cm³/mol. The molecule has 0 saturated heterocycles. The quantitative estimate of drug-likeness (QED) is 0.776. The maximum Gasteiger partial charge on any atom is 0.0531 e. The fraction of sp³-hybridized carbons (Fsp3) is 0.200. The first kappa shape index (κ1) is 12.8. The largest absolute Gasteiger partial charge is 0.399 e. The summed E-state index contributed by atoms with van der Waals surface area (Å²) in [4.78, 5) is 2.31. The number of halogens is 2. The van der Waals surface area contributed by atoms with E-state index in [2.05, 4.69) is 39.0 Å². The first-order chi connectivity index (χ1) is 9.04. The van der Waals surface area contributed by atoms with Gasteiger partial charge in [-0.2, -0.15) is 0 Å². The first-order valence-corrected chi connectivity index (χ1v) is 7.29. The van der Waals surface area contributed by atoms with Crippen LogP contribution in [-0.4, -0.2) is 0 Å². The van der Waals surface area contributed by atoms with Gasteiger partial charge in [-0.25, -0.2) is 0 Å². The number of nitrogen functional groups attached to an aromatic ring is 1. The zero-order chi connectivity index (χ0) is 13.6. The Balaban J connectivity index is 1.97. The molecule has 0 bridgehead atoms. The lowest BCUT2D eigenvalue weighted by molar-refractivity contribution is 0.877. The van der Waals surface area contributed by atoms with Crippen molar-refractivity contribution in [2.75, 3.05) is 10.6 Å². The molecule has 0 unspecified atom stereocenters. The second kappa shape index (κ2) is 4.73. The van der Waals surface area contributed by atoms with Gasteiger partial charge in [0.15, 0.2) is 0 Å². The van der Waals surface area contributed by atoms with Crippen LogP contribution in [0.1, 0.15) is 16.7 Å². The molecule has 2 aromatic rings. The van der Waals surface area contributed by atoms with Crippen LogP contribution in [0.2, 0.25) is 5.02 Å².